The Bertz CT molecular complexity index is 1640. The third-order valence-corrected chi connectivity index (χ3v) is 6.92. The molecule has 0 saturated carbocycles. The first-order valence-electron chi connectivity index (χ1n) is 15.1. The summed E-state index contributed by atoms with van der Waals surface area (Å²) in [6.07, 6.45) is 3.26. The number of aryl methyl sites for hydroxylation is 2. The van der Waals surface area contributed by atoms with E-state index in [-0.39, 0.29) is 39.1 Å². The summed E-state index contributed by atoms with van der Waals surface area (Å²) in [5, 5.41) is 0. The van der Waals surface area contributed by atoms with Crippen LogP contribution >= 0.6 is 0 Å². The first-order valence-corrected chi connectivity index (χ1v) is 15.1. The molecule has 0 fully saturated rings. The Hall–Kier alpha value is -3.74. The van der Waals surface area contributed by atoms with Crippen molar-refractivity contribution in [1.29, 1.82) is 0 Å². The molecule has 0 amide bonds. The first-order chi connectivity index (χ1) is 20.3. The lowest BCUT2D eigenvalue weighted by Gasteiger charge is -2.31. The Morgan fingerprint density at radius 2 is 1.11 bits per heavy atom. The Labute approximate surface area is 263 Å². The highest BCUT2D eigenvalue weighted by molar-refractivity contribution is 5.70. The van der Waals surface area contributed by atoms with Crippen LogP contribution in [-0.4, -0.2) is 53.6 Å². The van der Waals surface area contributed by atoms with Gasteiger partial charge >= 0.3 is 23.3 Å². The van der Waals surface area contributed by atoms with Crippen molar-refractivity contribution in [3.05, 3.63) is 65.2 Å². The third-order valence-electron chi connectivity index (χ3n) is 6.92. The van der Waals surface area contributed by atoms with E-state index >= 15 is 0 Å². The van der Waals surface area contributed by atoms with E-state index in [2.05, 4.69) is 0 Å². The van der Waals surface area contributed by atoms with E-state index in [1.54, 1.807) is 69.2 Å². The van der Waals surface area contributed by atoms with Crippen LogP contribution in [0.5, 0.6) is 0 Å². The van der Waals surface area contributed by atoms with Crippen LogP contribution in [0.25, 0.3) is 0 Å². The standard InChI is InChI=1S/C32H50N4O9/c1-21-17-33(19-23(37)44-29(3,4)5)27(41)35(25(21)39)15-13-32(11,12)43-16-14-31(9,10)36-26(40)22(2)18-34(28(36)42)20-24(38)45-30(6,7)8/h17-18H,13-16,19-20H2,1-12H3. The Kier molecular flexibility index (Phi) is 11.4. The molecule has 0 bridgehead atoms. The minimum Gasteiger partial charge on any atom is -0.459 e. The van der Waals surface area contributed by atoms with E-state index in [1.807, 2.05) is 13.8 Å². The molecule has 13 nitrogen and oxygen atoms in total. The fourth-order valence-electron chi connectivity index (χ4n) is 4.66. The van der Waals surface area contributed by atoms with Gasteiger partial charge in [-0.1, -0.05) is 0 Å². The van der Waals surface area contributed by atoms with Crippen LogP contribution in [0.4, 0.5) is 0 Å². The average Bonchev–Trinajstić information content (AvgIpc) is 2.83. The number of rotatable bonds is 12. The number of ether oxygens (including phenoxy) is 3. The molecule has 0 aliphatic heterocycles. The molecule has 2 rings (SSSR count). The van der Waals surface area contributed by atoms with Gasteiger partial charge in [0.15, 0.2) is 0 Å². The lowest BCUT2D eigenvalue weighted by molar-refractivity contribution is -0.156. The Balaban J connectivity index is 2.18. The molecule has 45 heavy (non-hydrogen) atoms. The molecule has 0 radical (unpaired) electrons. The molecule has 0 aromatic carbocycles. The maximum Gasteiger partial charge on any atom is 0.332 e. The second-order valence-electron chi connectivity index (χ2n) is 14.6. The van der Waals surface area contributed by atoms with Crippen molar-refractivity contribution in [1.82, 2.24) is 18.3 Å². The number of hydrogen-bond acceptors (Lipinski definition) is 9. The summed E-state index contributed by atoms with van der Waals surface area (Å²) in [6.45, 7) is 20.1. The highest BCUT2D eigenvalue weighted by atomic mass is 16.6. The van der Waals surface area contributed by atoms with Crippen molar-refractivity contribution in [2.24, 2.45) is 0 Å². The summed E-state index contributed by atoms with van der Waals surface area (Å²) in [4.78, 5) is 77.1. The summed E-state index contributed by atoms with van der Waals surface area (Å²) in [5.41, 5.74) is -4.80. The summed E-state index contributed by atoms with van der Waals surface area (Å²) < 4.78 is 21.3. The number of aromatic nitrogens is 4. The van der Waals surface area contributed by atoms with Gasteiger partial charge in [-0.15, -0.1) is 0 Å². The number of carbonyl (C=O) groups is 2. The van der Waals surface area contributed by atoms with Crippen LogP contribution in [0.1, 0.15) is 93.2 Å². The summed E-state index contributed by atoms with van der Waals surface area (Å²) in [7, 11) is 0. The van der Waals surface area contributed by atoms with Crippen molar-refractivity contribution in [2.75, 3.05) is 6.61 Å². The van der Waals surface area contributed by atoms with Crippen LogP contribution in [0.15, 0.2) is 31.6 Å². The van der Waals surface area contributed by atoms with Gasteiger partial charge in [-0.05, 0) is 95.9 Å². The van der Waals surface area contributed by atoms with E-state index in [9.17, 15) is 28.8 Å². The molecule has 0 saturated heterocycles. The minimum atomic E-state index is -0.977. The molecule has 0 unspecified atom stereocenters. The predicted octanol–water partition coefficient (Wildman–Crippen LogP) is 2.64. The van der Waals surface area contributed by atoms with Gasteiger partial charge in [0, 0.05) is 42.2 Å². The van der Waals surface area contributed by atoms with E-state index in [1.165, 1.54) is 17.0 Å². The quantitative estimate of drug-likeness (QED) is 0.321. The fraction of sp³-hybridized carbons (Fsp3) is 0.688. The van der Waals surface area contributed by atoms with Gasteiger partial charge in [-0.2, -0.15) is 0 Å². The van der Waals surface area contributed by atoms with Crippen molar-refractivity contribution < 1.29 is 23.8 Å². The van der Waals surface area contributed by atoms with Crippen LogP contribution in [0.3, 0.4) is 0 Å². The van der Waals surface area contributed by atoms with Gasteiger partial charge in [0.05, 0.1) is 5.60 Å². The van der Waals surface area contributed by atoms with Crippen LogP contribution in [0, 0.1) is 13.8 Å². The molecule has 2 aromatic rings. The Morgan fingerprint density at radius 1 is 0.667 bits per heavy atom. The van der Waals surface area contributed by atoms with Crippen LogP contribution in [0.2, 0.25) is 0 Å². The van der Waals surface area contributed by atoms with Crippen LogP contribution in [-0.2, 0) is 49.0 Å². The topological polar surface area (TPSA) is 150 Å². The highest BCUT2D eigenvalue weighted by Gasteiger charge is 2.29. The molecule has 252 valence electrons. The van der Waals surface area contributed by atoms with Gasteiger partial charge in [0.2, 0.25) is 0 Å². The lowest BCUT2D eigenvalue weighted by atomic mass is 9.99. The van der Waals surface area contributed by atoms with Gasteiger partial charge < -0.3 is 14.2 Å². The van der Waals surface area contributed by atoms with Gasteiger partial charge in [0.1, 0.15) is 24.3 Å². The summed E-state index contributed by atoms with van der Waals surface area (Å²) >= 11 is 0. The number of carbonyl (C=O) groups excluding carboxylic acids is 2. The number of esters is 2. The monoisotopic (exact) mass is 634 g/mol. The third kappa shape index (κ3) is 10.7. The second kappa shape index (κ2) is 13.7. The zero-order valence-corrected chi connectivity index (χ0v) is 28.9. The minimum absolute atomic E-state index is 0.0385. The molecule has 0 N–H and O–H groups in total. The average molecular weight is 635 g/mol. The van der Waals surface area contributed by atoms with Crippen molar-refractivity contribution in [2.45, 2.75) is 138 Å². The summed E-state index contributed by atoms with van der Waals surface area (Å²) in [6, 6.07) is 0. The fourth-order valence-corrected chi connectivity index (χ4v) is 4.66. The smallest absolute Gasteiger partial charge is 0.332 e. The lowest BCUT2D eigenvalue weighted by Crippen LogP contribution is -2.50. The molecule has 2 heterocycles. The highest BCUT2D eigenvalue weighted by Crippen LogP contribution is 2.21. The zero-order chi connectivity index (χ0) is 34.7. The van der Waals surface area contributed by atoms with E-state index in [0.717, 1.165) is 13.7 Å². The molecule has 2 aromatic heterocycles. The van der Waals surface area contributed by atoms with E-state index in [0.29, 0.717) is 11.1 Å². The normalized spacial score (nSPS) is 12.7. The molecule has 0 aliphatic rings. The van der Waals surface area contributed by atoms with E-state index in [4.69, 9.17) is 14.2 Å². The SMILES string of the molecule is Cc1cn(CC(=O)OC(C)(C)C)c(=O)n(CCC(C)(C)OCCC(C)(C)n2c(=O)c(C)cn(CC(=O)OC(C)(C)C)c2=O)c1=O. The zero-order valence-electron chi connectivity index (χ0n) is 28.9. The molecule has 0 aliphatic carbocycles. The van der Waals surface area contributed by atoms with Crippen molar-refractivity contribution >= 4 is 11.9 Å². The van der Waals surface area contributed by atoms with E-state index < -0.39 is 56.8 Å². The Morgan fingerprint density at radius 3 is 1.58 bits per heavy atom. The molecule has 0 spiro atoms. The maximum absolute atomic E-state index is 13.3. The second-order valence-corrected chi connectivity index (χ2v) is 14.6. The molecular weight excluding hydrogens is 584 g/mol. The number of nitrogens with zero attached hydrogens (tertiary/aromatic N) is 4. The molecule has 0 atom stereocenters. The summed E-state index contributed by atoms with van der Waals surface area (Å²) in [5.74, 6) is -1.19. The van der Waals surface area contributed by atoms with Gasteiger partial charge in [-0.3, -0.25) is 37.4 Å². The van der Waals surface area contributed by atoms with Crippen LogP contribution < -0.4 is 22.5 Å². The number of hydrogen-bond donors (Lipinski definition) is 0. The van der Waals surface area contributed by atoms with Crippen molar-refractivity contribution in [3.63, 3.8) is 0 Å². The first kappa shape index (κ1) is 37.4. The maximum atomic E-state index is 13.3. The largest absolute Gasteiger partial charge is 0.459 e. The predicted molar refractivity (Wildman–Crippen MR) is 170 cm³/mol. The van der Waals surface area contributed by atoms with Gasteiger partial charge in [-0.25, -0.2) is 9.59 Å². The molecular formula is C32H50N4O9. The van der Waals surface area contributed by atoms with Crippen molar-refractivity contribution in [3.8, 4) is 0 Å². The van der Waals surface area contributed by atoms with Gasteiger partial charge in [0.25, 0.3) is 11.1 Å². The molecule has 13 heteroatoms.